The van der Waals surface area contributed by atoms with Crippen molar-refractivity contribution in [3.8, 4) is 5.88 Å². The summed E-state index contributed by atoms with van der Waals surface area (Å²) in [6.45, 7) is 2.79. The lowest BCUT2D eigenvalue weighted by Crippen LogP contribution is -2.48. The minimum atomic E-state index is -4.68. The largest absolute Gasteiger partial charge is 0.471 e. The van der Waals surface area contributed by atoms with E-state index < -0.39 is 39.8 Å². The van der Waals surface area contributed by atoms with Crippen molar-refractivity contribution in [1.29, 1.82) is 0 Å². The van der Waals surface area contributed by atoms with Crippen LogP contribution in [0.1, 0.15) is 24.8 Å². The van der Waals surface area contributed by atoms with Gasteiger partial charge in [0.25, 0.3) is 0 Å². The van der Waals surface area contributed by atoms with Gasteiger partial charge in [-0.1, -0.05) is 0 Å². The van der Waals surface area contributed by atoms with E-state index >= 15 is 0 Å². The molecule has 3 saturated heterocycles. The molecule has 0 spiro atoms. The van der Waals surface area contributed by atoms with Crippen molar-refractivity contribution in [1.82, 2.24) is 19.2 Å². The number of amides is 1. The molecule has 3 fully saturated rings. The Morgan fingerprint density at radius 3 is 2.32 bits per heavy atom. The fourth-order valence-corrected chi connectivity index (χ4v) is 6.51. The molecule has 16 heteroatoms. The number of hydrogen-bond donors (Lipinski definition) is 2. The quantitative estimate of drug-likeness (QED) is 0.488. The van der Waals surface area contributed by atoms with Gasteiger partial charge in [0.2, 0.25) is 21.9 Å². The molecule has 1 aromatic heterocycles. The number of carboxylic acid groups (broad SMARTS) is 1. The number of benzene rings is 1. The Labute approximate surface area is 235 Å². The second-order valence-corrected chi connectivity index (χ2v) is 12.0. The van der Waals surface area contributed by atoms with Crippen LogP contribution in [0.3, 0.4) is 0 Å². The average molecular weight is 601 g/mol. The number of piperidine rings is 1. The SMILES string of the molecule is O=C(O)N1CCN(c2ccc(S(=O)(=O)N3CCC(Nc4ncc(C(F)(F)F)c(O[C@H]5CCOC5)n4)CC3)cc2)CC1. The Morgan fingerprint density at radius 1 is 1.05 bits per heavy atom. The third-order valence-corrected chi connectivity index (χ3v) is 9.32. The number of halogens is 3. The van der Waals surface area contributed by atoms with E-state index in [4.69, 9.17) is 14.6 Å². The van der Waals surface area contributed by atoms with Crippen LogP contribution >= 0.6 is 0 Å². The van der Waals surface area contributed by atoms with Gasteiger partial charge in [0.15, 0.2) is 0 Å². The highest BCUT2D eigenvalue weighted by Crippen LogP contribution is 2.36. The summed E-state index contributed by atoms with van der Waals surface area (Å²) >= 11 is 0. The van der Waals surface area contributed by atoms with Crippen molar-refractivity contribution in [2.24, 2.45) is 0 Å². The molecule has 4 heterocycles. The lowest BCUT2D eigenvalue weighted by atomic mass is 10.1. The Kier molecular flexibility index (Phi) is 8.42. The summed E-state index contributed by atoms with van der Waals surface area (Å²) in [6, 6.07) is 6.29. The predicted molar refractivity (Wildman–Crippen MR) is 141 cm³/mol. The third kappa shape index (κ3) is 6.76. The number of carbonyl (C=O) groups is 1. The van der Waals surface area contributed by atoms with Crippen molar-refractivity contribution in [2.75, 3.05) is 62.7 Å². The minimum Gasteiger partial charge on any atom is -0.471 e. The van der Waals surface area contributed by atoms with Crippen LogP contribution < -0.4 is 15.0 Å². The molecule has 5 rings (SSSR count). The van der Waals surface area contributed by atoms with Gasteiger partial charge in [-0.2, -0.15) is 22.5 Å². The van der Waals surface area contributed by atoms with Gasteiger partial charge in [-0.25, -0.2) is 18.2 Å². The van der Waals surface area contributed by atoms with Crippen LogP contribution in [-0.4, -0.2) is 103 Å². The van der Waals surface area contributed by atoms with Crippen molar-refractivity contribution < 1.29 is 41.0 Å². The Bertz CT molecular complexity index is 1320. The first-order valence-corrected chi connectivity index (χ1v) is 14.7. The zero-order chi connectivity index (χ0) is 29.2. The zero-order valence-corrected chi connectivity index (χ0v) is 22.9. The van der Waals surface area contributed by atoms with Gasteiger partial charge in [0.05, 0.1) is 18.1 Å². The normalized spacial score (nSPS) is 21.2. The molecule has 0 radical (unpaired) electrons. The topological polar surface area (TPSA) is 137 Å². The van der Waals surface area contributed by atoms with E-state index in [1.807, 2.05) is 4.90 Å². The smallest absolute Gasteiger partial charge is 0.423 e. The Balaban J connectivity index is 1.18. The molecule has 1 atom stereocenters. The summed E-state index contributed by atoms with van der Waals surface area (Å²) in [5, 5.41) is 12.1. The molecule has 3 aliphatic heterocycles. The monoisotopic (exact) mass is 600 g/mol. The standard InChI is InChI=1S/C25H31F3N6O6S/c26-25(27,28)21-15-29-23(31-22(21)40-19-7-14-39-16-19)30-17-5-8-34(9-6-17)41(37,38)20-3-1-18(2-4-20)32-10-12-33(13-11-32)24(35)36/h1-4,15,17,19H,5-14,16H2,(H,35,36)(H,29,30,31)/t19-/m0/s1. The summed E-state index contributed by atoms with van der Waals surface area (Å²) in [5.74, 6) is -0.578. The first-order chi connectivity index (χ1) is 19.5. The second kappa shape index (κ2) is 11.9. The molecule has 0 aliphatic carbocycles. The van der Waals surface area contributed by atoms with Gasteiger partial charge in [0, 0.05) is 63.6 Å². The summed E-state index contributed by atoms with van der Waals surface area (Å²) < 4.78 is 79.0. The summed E-state index contributed by atoms with van der Waals surface area (Å²) in [4.78, 5) is 22.4. The molecule has 0 saturated carbocycles. The highest BCUT2D eigenvalue weighted by Gasteiger charge is 2.38. The maximum atomic E-state index is 13.5. The number of aromatic nitrogens is 2. The summed E-state index contributed by atoms with van der Waals surface area (Å²) in [5.41, 5.74) is -0.248. The molecule has 2 aromatic rings. The van der Waals surface area contributed by atoms with Gasteiger partial charge in [-0.15, -0.1) is 0 Å². The number of hydrogen-bond acceptors (Lipinski definition) is 9. The average Bonchev–Trinajstić information content (AvgIpc) is 3.46. The van der Waals surface area contributed by atoms with Gasteiger partial charge < -0.3 is 29.7 Å². The molecule has 3 aliphatic rings. The third-order valence-electron chi connectivity index (χ3n) is 7.40. The lowest BCUT2D eigenvalue weighted by Gasteiger charge is -2.35. The number of ether oxygens (including phenoxy) is 2. The van der Waals surface area contributed by atoms with E-state index in [1.165, 1.54) is 9.21 Å². The van der Waals surface area contributed by atoms with E-state index in [2.05, 4.69) is 15.3 Å². The molecule has 41 heavy (non-hydrogen) atoms. The Hall–Kier alpha value is -3.37. The van der Waals surface area contributed by atoms with Crippen LogP contribution in [0, 0.1) is 0 Å². The summed E-state index contributed by atoms with van der Waals surface area (Å²) in [6.07, 6.45) is -4.20. The molecule has 0 unspecified atom stereocenters. The molecular formula is C25H31F3N6O6S. The van der Waals surface area contributed by atoms with E-state index in [0.29, 0.717) is 58.2 Å². The van der Waals surface area contributed by atoms with Crippen molar-refractivity contribution >= 4 is 27.8 Å². The van der Waals surface area contributed by atoms with Crippen molar-refractivity contribution in [3.05, 3.63) is 36.0 Å². The van der Waals surface area contributed by atoms with Crippen molar-refractivity contribution in [2.45, 2.75) is 42.5 Å². The zero-order valence-electron chi connectivity index (χ0n) is 22.1. The van der Waals surface area contributed by atoms with E-state index in [9.17, 15) is 26.4 Å². The molecular weight excluding hydrogens is 569 g/mol. The first-order valence-electron chi connectivity index (χ1n) is 13.3. The van der Waals surface area contributed by atoms with Crippen LogP contribution in [0.5, 0.6) is 5.88 Å². The highest BCUT2D eigenvalue weighted by molar-refractivity contribution is 7.89. The van der Waals surface area contributed by atoms with Crippen LogP contribution in [0.15, 0.2) is 35.4 Å². The number of sulfonamides is 1. The van der Waals surface area contributed by atoms with Crippen molar-refractivity contribution in [3.63, 3.8) is 0 Å². The number of nitrogens with one attached hydrogen (secondary N) is 1. The molecule has 0 bridgehead atoms. The van der Waals surface area contributed by atoms with Gasteiger partial charge in [0.1, 0.15) is 11.7 Å². The minimum absolute atomic E-state index is 0.0204. The molecule has 224 valence electrons. The summed E-state index contributed by atoms with van der Waals surface area (Å²) in [7, 11) is -3.75. The molecule has 1 aromatic carbocycles. The number of rotatable bonds is 7. The van der Waals surface area contributed by atoms with Crippen LogP contribution in [0.2, 0.25) is 0 Å². The maximum Gasteiger partial charge on any atom is 0.423 e. The number of piperazine rings is 1. The first kappa shape index (κ1) is 29.1. The van der Waals surface area contributed by atoms with E-state index in [-0.39, 0.29) is 36.6 Å². The van der Waals surface area contributed by atoms with Crippen LogP contribution in [0.25, 0.3) is 0 Å². The lowest BCUT2D eigenvalue weighted by molar-refractivity contribution is -0.139. The van der Waals surface area contributed by atoms with Gasteiger partial charge in [-0.3, -0.25) is 0 Å². The number of alkyl halides is 3. The Morgan fingerprint density at radius 2 is 1.73 bits per heavy atom. The highest BCUT2D eigenvalue weighted by atomic mass is 32.2. The number of anilines is 2. The van der Waals surface area contributed by atoms with Crippen LogP contribution in [-0.2, 0) is 20.9 Å². The van der Waals surface area contributed by atoms with E-state index in [0.717, 1.165) is 5.69 Å². The fraction of sp³-hybridized carbons (Fsp3) is 0.560. The predicted octanol–water partition coefficient (Wildman–Crippen LogP) is 2.73. The number of nitrogens with zero attached hydrogens (tertiary/aromatic N) is 5. The maximum absolute atomic E-state index is 13.5. The fourth-order valence-electron chi connectivity index (χ4n) is 5.04. The van der Waals surface area contributed by atoms with E-state index in [1.54, 1.807) is 24.3 Å². The molecule has 2 N–H and O–H groups in total. The van der Waals surface area contributed by atoms with Crippen LogP contribution in [0.4, 0.5) is 29.6 Å². The van der Waals surface area contributed by atoms with Gasteiger partial charge in [-0.05, 0) is 37.1 Å². The van der Waals surface area contributed by atoms with Gasteiger partial charge >= 0.3 is 12.3 Å². The molecule has 12 nitrogen and oxygen atoms in total. The second-order valence-electron chi connectivity index (χ2n) is 10.1. The molecule has 1 amide bonds.